The molecule has 0 heterocycles. The highest BCUT2D eigenvalue weighted by Gasteiger charge is 2.24. The van der Waals surface area contributed by atoms with Crippen molar-refractivity contribution in [3.63, 3.8) is 0 Å². The SMILES string of the molecule is CC(=O)O.CCCC[N+](CCCC)(CCCC)CCCC.N.O=S(=O)([O-])O. The molecular formula is C18H44N2O6S. The summed E-state index contributed by atoms with van der Waals surface area (Å²) in [6.45, 7) is 16.1. The Morgan fingerprint density at radius 2 is 0.963 bits per heavy atom. The van der Waals surface area contributed by atoms with Crippen molar-refractivity contribution in [1.29, 1.82) is 0 Å². The molecule has 0 fully saturated rings. The smallest absolute Gasteiger partial charge is 0.300 e. The molecule has 9 heteroatoms. The standard InChI is InChI=1S/C16H36N.C2H4O2.H3N.H2O4S/c1-5-9-13-17(14-10-6-2,15-11-7-3)16-12-8-4;1-2(3)4;;1-5(2,3)4/h5-16H2,1-4H3;1H3,(H,3,4);1H3;(H2,1,2,3,4)/q+1;;;/p-1. The van der Waals surface area contributed by atoms with Crippen LogP contribution in [0, 0.1) is 0 Å². The lowest BCUT2D eigenvalue weighted by Crippen LogP contribution is -2.50. The normalized spacial score (nSPS) is 10.6. The van der Waals surface area contributed by atoms with Gasteiger partial charge in [0, 0.05) is 6.92 Å². The average Bonchev–Trinajstić information content (AvgIpc) is 2.51. The Hall–Kier alpha value is -0.740. The first-order valence-corrected chi connectivity index (χ1v) is 11.1. The summed E-state index contributed by atoms with van der Waals surface area (Å²) in [5.74, 6) is -0.833. The van der Waals surface area contributed by atoms with Crippen molar-refractivity contribution in [3.8, 4) is 0 Å². The summed E-state index contributed by atoms with van der Waals surface area (Å²) >= 11 is 0. The fourth-order valence-corrected chi connectivity index (χ4v) is 2.64. The molecule has 0 aromatic carbocycles. The third-order valence-electron chi connectivity index (χ3n) is 3.94. The van der Waals surface area contributed by atoms with Gasteiger partial charge in [-0.25, -0.2) is 8.42 Å². The Morgan fingerprint density at radius 3 is 1.07 bits per heavy atom. The van der Waals surface area contributed by atoms with Gasteiger partial charge in [0.15, 0.2) is 0 Å². The van der Waals surface area contributed by atoms with Gasteiger partial charge in [-0.15, -0.1) is 0 Å². The van der Waals surface area contributed by atoms with E-state index in [9.17, 15) is 0 Å². The minimum absolute atomic E-state index is 0. The monoisotopic (exact) mass is 416 g/mol. The molecule has 0 aliphatic carbocycles. The lowest BCUT2D eigenvalue weighted by molar-refractivity contribution is -0.929. The van der Waals surface area contributed by atoms with Crippen molar-refractivity contribution in [3.05, 3.63) is 0 Å². The minimum Gasteiger partial charge on any atom is -0.726 e. The number of carbonyl (C=O) groups is 1. The number of rotatable bonds is 12. The van der Waals surface area contributed by atoms with Crippen LogP contribution in [0.25, 0.3) is 0 Å². The second-order valence-electron chi connectivity index (χ2n) is 6.60. The van der Waals surface area contributed by atoms with Crippen LogP contribution in [0.5, 0.6) is 0 Å². The van der Waals surface area contributed by atoms with E-state index in [1.807, 2.05) is 0 Å². The molecule has 0 aliphatic heterocycles. The molecule has 5 N–H and O–H groups in total. The van der Waals surface area contributed by atoms with E-state index in [0.29, 0.717) is 0 Å². The zero-order valence-corrected chi connectivity index (χ0v) is 18.9. The lowest BCUT2D eigenvalue weighted by atomic mass is 10.1. The van der Waals surface area contributed by atoms with Crippen LogP contribution in [0.3, 0.4) is 0 Å². The first kappa shape index (κ1) is 33.8. The van der Waals surface area contributed by atoms with E-state index in [4.69, 9.17) is 27.4 Å². The van der Waals surface area contributed by atoms with Gasteiger partial charge in [-0.05, 0) is 25.7 Å². The number of carboxylic acid groups (broad SMARTS) is 1. The van der Waals surface area contributed by atoms with Gasteiger partial charge in [0.1, 0.15) is 0 Å². The molecular weight excluding hydrogens is 372 g/mol. The van der Waals surface area contributed by atoms with Gasteiger partial charge in [0.05, 0.1) is 26.2 Å². The van der Waals surface area contributed by atoms with Gasteiger partial charge in [0.2, 0.25) is 10.4 Å². The highest BCUT2D eigenvalue weighted by Crippen LogP contribution is 2.16. The van der Waals surface area contributed by atoms with Crippen LogP contribution in [0.4, 0.5) is 0 Å². The average molecular weight is 417 g/mol. The van der Waals surface area contributed by atoms with E-state index in [0.717, 1.165) is 6.92 Å². The third-order valence-corrected chi connectivity index (χ3v) is 3.94. The first-order chi connectivity index (χ1) is 12.0. The maximum Gasteiger partial charge on any atom is 0.300 e. The molecule has 0 radical (unpaired) electrons. The Kier molecular flexibility index (Phi) is 27.0. The minimum atomic E-state index is -4.92. The van der Waals surface area contributed by atoms with Crippen molar-refractivity contribution >= 4 is 16.4 Å². The maximum atomic E-state index is 9.00. The number of nitrogens with zero attached hydrogens (tertiary/aromatic N) is 1. The van der Waals surface area contributed by atoms with Crippen LogP contribution in [0.15, 0.2) is 0 Å². The maximum absolute atomic E-state index is 9.00. The van der Waals surface area contributed by atoms with E-state index in [2.05, 4.69) is 27.7 Å². The molecule has 8 nitrogen and oxygen atoms in total. The number of quaternary nitrogens is 1. The predicted octanol–water partition coefficient (Wildman–Crippen LogP) is 4.26. The summed E-state index contributed by atoms with van der Waals surface area (Å²) in [7, 11) is -4.92. The molecule has 168 valence electrons. The van der Waals surface area contributed by atoms with Crippen molar-refractivity contribution in [1.82, 2.24) is 6.15 Å². The van der Waals surface area contributed by atoms with Crippen LogP contribution in [0.1, 0.15) is 86.0 Å². The van der Waals surface area contributed by atoms with E-state index >= 15 is 0 Å². The summed E-state index contributed by atoms with van der Waals surface area (Å²) in [5, 5.41) is 7.42. The van der Waals surface area contributed by atoms with Gasteiger partial charge in [0.25, 0.3) is 5.97 Å². The third kappa shape index (κ3) is 36.8. The largest absolute Gasteiger partial charge is 0.726 e. The summed E-state index contributed by atoms with van der Waals surface area (Å²) in [6.07, 6.45) is 11.1. The van der Waals surface area contributed by atoms with Crippen LogP contribution in [-0.2, 0) is 15.2 Å². The van der Waals surface area contributed by atoms with Crippen molar-refractivity contribution < 1.29 is 31.9 Å². The van der Waals surface area contributed by atoms with Crippen LogP contribution >= 0.6 is 0 Å². The van der Waals surface area contributed by atoms with Crippen LogP contribution in [0.2, 0.25) is 0 Å². The molecule has 0 spiro atoms. The van der Waals surface area contributed by atoms with Gasteiger partial charge < -0.3 is 20.3 Å². The molecule has 0 saturated carbocycles. The number of hydrogen-bond acceptors (Lipinski definition) is 5. The van der Waals surface area contributed by atoms with E-state index in [1.54, 1.807) is 0 Å². The molecule has 0 unspecified atom stereocenters. The second-order valence-corrected chi connectivity index (χ2v) is 7.45. The summed E-state index contributed by atoms with van der Waals surface area (Å²) < 4.78 is 34.3. The number of unbranched alkanes of at least 4 members (excludes halogenated alkanes) is 4. The van der Waals surface area contributed by atoms with Crippen molar-refractivity contribution in [2.75, 3.05) is 26.2 Å². The highest BCUT2D eigenvalue weighted by molar-refractivity contribution is 7.79. The van der Waals surface area contributed by atoms with Crippen molar-refractivity contribution in [2.45, 2.75) is 86.0 Å². The number of aliphatic carboxylic acids is 1. The Balaban J connectivity index is -0.000000220. The fourth-order valence-electron chi connectivity index (χ4n) is 2.64. The molecule has 0 aromatic rings. The molecule has 0 aromatic heterocycles. The van der Waals surface area contributed by atoms with Gasteiger partial charge in [-0.1, -0.05) is 53.4 Å². The topological polar surface area (TPSA) is 150 Å². The van der Waals surface area contributed by atoms with Gasteiger partial charge in [-0.2, -0.15) is 0 Å². The van der Waals surface area contributed by atoms with Gasteiger partial charge >= 0.3 is 0 Å². The first-order valence-electron chi connectivity index (χ1n) is 9.70. The lowest BCUT2D eigenvalue weighted by Gasteiger charge is -2.39. The number of carboxylic acids is 1. The molecule has 0 rings (SSSR count). The molecule has 0 aliphatic rings. The second kappa shape index (κ2) is 21.6. The van der Waals surface area contributed by atoms with Crippen LogP contribution in [-0.4, -0.2) is 59.3 Å². The molecule has 0 saturated heterocycles. The highest BCUT2D eigenvalue weighted by atomic mass is 32.3. The van der Waals surface area contributed by atoms with E-state index in [-0.39, 0.29) is 6.15 Å². The number of hydrogen-bond donors (Lipinski definition) is 3. The molecule has 27 heavy (non-hydrogen) atoms. The fraction of sp³-hybridized carbons (Fsp3) is 0.944. The Bertz CT molecular complexity index is 367. The van der Waals surface area contributed by atoms with Crippen LogP contribution < -0.4 is 6.15 Å². The van der Waals surface area contributed by atoms with Gasteiger partial charge in [-0.3, -0.25) is 9.35 Å². The van der Waals surface area contributed by atoms with E-state index in [1.165, 1.54) is 82.0 Å². The predicted molar refractivity (Wildman–Crippen MR) is 110 cm³/mol. The summed E-state index contributed by atoms with van der Waals surface area (Å²) in [6, 6.07) is 0. The summed E-state index contributed by atoms with van der Waals surface area (Å²) in [4.78, 5) is 9.00. The Morgan fingerprint density at radius 1 is 0.815 bits per heavy atom. The molecule has 0 amide bonds. The van der Waals surface area contributed by atoms with E-state index < -0.39 is 16.4 Å². The zero-order chi connectivity index (χ0) is 21.1. The molecule has 0 atom stereocenters. The quantitative estimate of drug-likeness (QED) is 0.244. The molecule has 0 bridgehead atoms. The zero-order valence-electron chi connectivity index (χ0n) is 18.1. The summed E-state index contributed by atoms with van der Waals surface area (Å²) in [5.41, 5.74) is 0. The Labute approximate surface area is 167 Å². The van der Waals surface area contributed by atoms with Crippen molar-refractivity contribution in [2.24, 2.45) is 0 Å².